The molecule has 61 heavy (non-hydrogen) atoms. The van der Waals surface area contributed by atoms with Gasteiger partial charge in [0.1, 0.15) is 11.2 Å². The highest BCUT2D eigenvalue weighted by Gasteiger charge is 2.22. The summed E-state index contributed by atoms with van der Waals surface area (Å²) in [4.78, 5) is 2.38. The first-order valence-electron chi connectivity index (χ1n) is 20.8. The first-order valence-corrected chi connectivity index (χ1v) is 20.8. The Morgan fingerprint density at radius 3 is 1.54 bits per heavy atom. The van der Waals surface area contributed by atoms with Gasteiger partial charge < -0.3 is 13.9 Å². The quantitative estimate of drug-likeness (QED) is 0.161. The molecule has 0 spiro atoms. The van der Waals surface area contributed by atoms with Crippen molar-refractivity contribution in [3.05, 3.63) is 231 Å². The summed E-state index contributed by atoms with van der Waals surface area (Å²) in [7, 11) is 0. The Bertz CT molecular complexity index is 3470. The second-order valence-electron chi connectivity index (χ2n) is 15.6. The molecule has 0 saturated carbocycles. The number of nitrogens with zero attached hydrogens (tertiary/aromatic N) is 2. The van der Waals surface area contributed by atoms with E-state index < -0.39 is 0 Å². The van der Waals surface area contributed by atoms with Crippen LogP contribution in [0, 0.1) is 0 Å². The number of hydrogen-bond donors (Lipinski definition) is 0. The molecule has 2 aromatic heterocycles. The maximum absolute atomic E-state index is 6.96. The van der Waals surface area contributed by atoms with Crippen molar-refractivity contribution in [3.8, 4) is 39.1 Å². The summed E-state index contributed by atoms with van der Waals surface area (Å²) in [6.45, 7) is 0. The van der Waals surface area contributed by atoms with Crippen molar-refractivity contribution in [1.82, 2.24) is 4.57 Å². The minimum Gasteiger partial charge on any atom is -0.455 e. The first-order chi connectivity index (χ1) is 30.3. The lowest BCUT2D eigenvalue weighted by molar-refractivity contribution is 0.670. The zero-order chi connectivity index (χ0) is 40.3. The van der Waals surface area contributed by atoms with Crippen molar-refractivity contribution < 1.29 is 4.42 Å². The predicted octanol–water partition coefficient (Wildman–Crippen LogP) is 16.3. The monoisotopic (exact) mass is 778 g/mol. The van der Waals surface area contributed by atoms with E-state index in [-0.39, 0.29) is 0 Å². The van der Waals surface area contributed by atoms with Crippen LogP contribution >= 0.6 is 0 Å². The van der Waals surface area contributed by atoms with Crippen LogP contribution in [0.2, 0.25) is 0 Å². The van der Waals surface area contributed by atoms with Gasteiger partial charge in [0.25, 0.3) is 0 Å². The zero-order valence-electron chi connectivity index (χ0n) is 33.2. The van der Waals surface area contributed by atoms with E-state index in [1.54, 1.807) is 0 Å². The van der Waals surface area contributed by atoms with Crippen LogP contribution in [0.5, 0.6) is 0 Å². The van der Waals surface area contributed by atoms with Crippen LogP contribution in [0.1, 0.15) is 0 Å². The molecule has 286 valence electrons. The molecule has 2 heterocycles. The van der Waals surface area contributed by atoms with E-state index in [1.165, 1.54) is 44.1 Å². The lowest BCUT2D eigenvalue weighted by Gasteiger charge is -2.27. The number of benzene rings is 10. The molecule has 3 heteroatoms. The second-order valence-corrected chi connectivity index (χ2v) is 15.6. The Kier molecular flexibility index (Phi) is 8.17. The number of hydrogen-bond acceptors (Lipinski definition) is 2. The number of fused-ring (bicyclic) bond motifs is 8. The SMILES string of the molecule is c1ccc(-c2ccc(N(c3ccc(-c4ccccc4)cc3)c3cccc4c3ccc3oc5c(-c6cccc7c6c6ccccc6n7-c6ccccc6)cccc5c34)cc2)cc1. The highest BCUT2D eigenvalue weighted by molar-refractivity contribution is 6.24. The Balaban J connectivity index is 1.04. The van der Waals surface area contributed by atoms with E-state index in [0.29, 0.717) is 0 Å². The van der Waals surface area contributed by atoms with Crippen molar-refractivity contribution >= 4 is 71.6 Å². The fourth-order valence-corrected chi connectivity index (χ4v) is 9.44. The highest BCUT2D eigenvalue weighted by Crippen LogP contribution is 2.46. The van der Waals surface area contributed by atoms with Crippen LogP contribution in [-0.4, -0.2) is 4.57 Å². The molecule has 0 saturated heterocycles. The van der Waals surface area contributed by atoms with E-state index in [4.69, 9.17) is 4.42 Å². The maximum atomic E-state index is 6.96. The van der Waals surface area contributed by atoms with E-state index >= 15 is 0 Å². The van der Waals surface area contributed by atoms with Gasteiger partial charge in [0, 0.05) is 49.6 Å². The molecule has 0 amide bonds. The van der Waals surface area contributed by atoms with Gasteiger partial charge in [-0.3, -0.25) is 0 Å². The number of furan rings is 1. The van der Waals surface area contributed by atoms with Gasteiger partial charge in [0.15, 0.2) is 0 Å². The lowest BCUT2D eigenvalue weighted by Crippen LogP contribution is -2.10. The van der Waals surface area contributed by atoms with Crippen molar-refractivity contribution in [2.75, 3.05) is 4.90 Å². The first kappa shape index (κ1) is 34.9. The van der Waals surface area contributed by atoms with Gasteiger partial charge in [0.05, 0.1) is 16.7 Å². The van der Waals surface area contributed by atoms with Gasteiger partial charge in [-0.05, 0) is 99.9 Å². The van der Waals surface area contributed by atoms with Crippen molar-refractivity contribution in [3.63, 3.8) is 0 Å². The molecule has 0 radical (unpaired) electrons. The molecule has 10 aromatic carbocycles. The number of aromatic nitrogens is 1. The number of para-hydroxylation sites is 3. The Labute approximate surface area is 353 Å². The third-order valence-electron chi connectivity index (χ3n) is 12.2. The zero-order valence-corrected chi connectivity index (χ0v) is 33.2. The van der Waals surface area contributed by atoms with Crippen molar-refractivity contribution in [1.29, 1.82) is 0 Å². The van der Waals surface area contributed by atoms with Crippen LogP contribution in [0.4, 0.5) is 17.1 Å². The topological polar surface area (TPSA) is 21.3 Å². The summed E-state index contributed by atoms with van der Waals surface area (Å²) in [5.74, 6) is 0. The van der Waals surface area contributed by atoms with Crippen LogP contribution in [0.25, 0.3) is 93.6 Å². The van der Waals surface area contributed by atoms with E-state index in [9.17, 15) is 0 Å². The smallest absolute Gasteiger partial charge is 0.143 e. The third-order valence-corrected chi connectivity index (χ3v) is 12.2. The molecule has 0 N–H and O–H groups in total. The van der Waals surface area contributed by atoms with Gasteiger partial charge in [0.2, 0.25) is 0 Å². The van der Waals surface area contributed by atoms with Crippen LogP contribution in [0.15, 0.2) is 235 Å². The second kappa shape index (κ2) is 14.3. The predicted molar refractivity (Wildman–Crippen MR) is 257 cm³/mol. The average molecular weight is 779 g/mol. The Hall–Kier alpha value is -8.14. The standard InChI is InChI=1S/C58H38N2O/c1-4-15-39(16-5-1)41-29-33-44(34-30-41)59(45-35-31-42(32-36-45)40-17-6-2-7-18-40)52-27-13-22-47-46(52)37-38-55-57(47)51-25-12-24-49(58(51)61-55)48-23-14-28-54-56(48)50-21-10-11-26-53(50)60(54)43-19-8-3-9-20-43/h1-38H. The molecule has 0 unspecified atom stereocenters. The van der Waals surface area contributed by atoms with Crippen LogP contribution in [-0.2, 0) is 0 Å². The molecule has 0 fully saturated rings. The molecule has 0 bridgehead atoms. The molecule has 12 aromatic rings. The third kappa shape index (κ3) is 5.74. The minimum absolute atomic E-state index is 0.872. The number of anilines is 3. The van der Waals surface area contributed by atoms with E-state index in [1.807, 2.05) is 0 Å². The van der Waals surface area contributed by atoms with Gasteiger partial charge in [-0.2, -0.15) is 0 Å². The summed E-state index contributed by atoms with van der Waals surface area (Å²) in [5, 5.41) is 6.95. The highest BCUT2D eigenvalue weighted by atomic mass is 16.3. The van der Waals surface area contributed by atoms with Gasteiger partial charge in [-0.15, -0.1) is 0 Å². The molecular weight excluding hydrogens is 741 g/mol. The summed E-state index contributed by atoms with van der Waals surface area (Å²) in [5.41, 5.74) is 15.5. The molecule has 12 rings (SSSR count). The van der Waals surface area contributed by atoms with Gasteiger partial charge in [-0.1, -0.05) is 164 Å². The molecular formula is C58H38N2O. The van der Waals surface area contributed by atoms with Crippen molar-refractivity contribution in [2.24, 2.45) is 0 Å². The number of rotatable bonds is 7. The summed E-state index contributed by atoms with van der Waals surface area (Å²) in [6, 6.07) is 82.6. The van der Waals surface area contributed by atoms with E-state index in [0.717, 1.165) is 66.6 Å². The van der Waals surface area contributed by atoms with E-state index in [2.05, 4.69) is 240 Å². The molecule has 3 nitrogen and oxygen atoms in total. The molecule has 0 aliphatic heterocycles. The molecule has 0 atom stereocenters. The maximum Gasteiger partial charge on any atom is 0.143 e. The van der Waals surface area contributed by atoms with Crippen LogP contribution < -0.4 is 4.90 Å². The largest absolute Gasteiger partial charge is 0.455 e. The minimum atomic E-state index is 0.872. The fourth-order valence-electron chi connectivity index (χ4n) is 9.44. The average Bonchev–Trinajstić information content (AvgIpc) is 3.90. The van der Waals surface area contributed by atoms with Crippen LogP contribution in [0.3, 0.4) is 0 Å². The molecule has 0 aliphatic carbocycles. The Morgan fingerprint density at radius 1 is 0.328 bits per heavy atom. The van der Waals surface area contributed by atoms with Crippen molar-refractivity contribution in [2.45, 2.75) is 0 Å². The summed E-state index contributed by atoms with van der Waals surface area (Å²) in [6.07, 6.45) is 0. The van der Waals surface area contributed by atoms with Gasteiger partial charge in [-0.25, -0.2) is 0 Å². The summed E-state index contributed by atoms with van der Waals surface area (Å²) < 4.78 is 9.33. The van der Waals surface area contributed by atoms with Gasteiger partial charge >= 0.3 is 0 Å². The Morgan fingerprint density at radius 2 is 0.852 bits per heavy atom. The fraction of sp³-hybridized carbons (Fsp3) is 0. The summed E-state index contributed by atoms with van der Waals surface area (Å²) >= 11 is 0. The normalized spacial score (nSPS) is 11.6. The molecule has 0 aliphatic rings. The lowest BCUT2D eigenvalue weighted by atomic mass is 9.96.